The molecule has 0 aromatic carbocycles. The lowest BCUT2D eigenvalue weighted by atomic mass is 10.2. The molecule has 0 saturated carbocycles. The second-order valence-corrected chi connectivity index (χ2v) is 5.68. The molecule has 0 saturated heterocycles. The fourth-order valence-corrected chi connectivity index (χ4v) is 2.90. The largest absolute Gasteiger partial charge is 0.288 e. The number of aromatic nitrogens is 2. The summed E-state index contributed by atoms with van der Waals surface area (Å²) in [6, 6.07) is 1.83. The van der Waals surface area contributed by atoms with E-state index in [1.165, 1.54) is 11.3 Å². The van der Waals surface area contributed by atoms with Crippen LogP contribution in [-0.2, 0) is 6.54 Å². The van der Waals surface area contributed by atoms with Gasteiger partial charge in [-0.1, -0.05) is 0 Å². The van der Waals surface area contributed by atoms with Crippen LogP contribution in [0.1, 0.15) is 27.9 Å². The summed E-state index contributed by atoms with van der Waals surface area (Å²) < 4.78 is 2.81. The maximum Gasteiger partial charge on any atom is 0.195 e. The smallest absolute Gasteiger partial charge is 0.195 e. The molecule has 0 aliphatic heterocycles. The highest BCUT2D eigenvalue weighted by Crippen LogP contribution is 2.20. The minimum absolute atomic E-state index is 0.0225. The molecule has 0 unspecified atom stereocenters. The summed E-state index contributed by atoms with van der Waals surface area (Å²) in [6.45, 7) is 4.81. The van der Waals surface area contributed by atoms with Gasteiger partial charge in [-0.25, -0.2) is 0 Å². The van der Waals surface area contributed by atoms with Gasteiger partial charge in [0.15, 0.2) is 5.78 Å². The first-order chi connectivity index (χ1) is 8.60. The molecule has 3 nitrogen and oxygen atoms in total. The van der Waals surface area contributed by atoms with E-state index in [0.29, 0.717) is 0 Å². The molecule has 94 valence electrons. The predicted molar refractivity (Wildman–Crippen MR) is 78.0 cm³/mol. The lowest BCUT2D eigenvalue weighted by Gasteiger charge is -1.89. The molecule has 0 fully saturated rings. The average molecular weight is 325 g/mol. The summed E-state index contributed by atoms with van der Waals surface area (Å²) in [6.07, 6.45) is 5.37. The number of hydrogen-bond acceptors (Lipinski definition) is 3. The topological polar surface area (TPSA) is 34.9 Å². The Morgan fingerprint density at radius 3 is 2.94 bits per heavy atom. The van der Waals surface area contributed by atoms with Gasteiger partial charge in [0.1, 0.15) is 0 Å². The van der Waals surface area contributed by atoms with Crippen LogP contribution >= 0.6 is 27.3 Å². The van der Waals surface area contributed by atoms with Crippen LogP contribution in [0.3, 0.4) is 0 Å². The quantitative estimate of drug-likeness (QED) is 0.630. The zero-order valence-corrected chi connectivity index (χ0v) is 12.6. The Morgan fingerprint density at radius 2 is 2.39 bits per heavy atom. The Balaban J connectivity index is 2.15. The number of ketones is 1. The van der Waals surface area contributed by atoms with Crippen molar-refractivity contribution in [1.29, 1.82) is 0 Å². The third-order valence-corrected chi connectivity index (χ3v) is 4.24. The Bertz CT molecular complexity index is 598. The third-order valence-electron chi connectivity index (χ3n) is 2.53. The molecule has 2 aromatic heterocycles. The van der Waals surface area contributed by atoms with Crippen LogP contribution in [0.5, 0.6) is 0 Å². The normalized spacial score (nSPS) is 11.3. The van der Waals surface area contributed by atoms with E-state index in [4.69, 9.17) is 0 Å². The number of halogens is 1. The van der Waals surface area contributed by atoms with E-state index in [0.717, 1.165) is 27.2 Å². The van der Waals surface area contributed by atoms with Gasteiger partial charge in [-0.2, -0.15) is 5.10 Å². The Labute approximate surface area is 118 Å². The van der Waals surface area contributed by atoms with Crippen molar-refractivity contribution in [2.45, 2.75) is 20.4 Å². The van der Waals surface area contributed by atoms with Crippen molar-refractivity contribution in [3.05, 3.63) is 44.3 Å². The van der Waals surface area contributed by atoms with Crippen LogP contribution in [-0.4, -0.2) is 15.6 Å². The van der Waals surface area contributed by atoms with E-state index in [2.05, 4.69) is 21.0 Å². The summed E-state index contributed by atoms with van der Waals surface area (Å²) in [4.78, 5) is 12.6. The van der Waals surface area contributed by atoms with Crippen molar-refractivity contribution in [2.75, 3.05) is 0 Å². The van der Waals surface area contributed by atoms with E-state index in [1.54, 1.807) is 6.08 Å². The van der Waals surface area contributed by atoms with E-state index in [9.17, 15) is 4.79 Å². The molecule has 2 rings (SSSR count). The maximum absolute atomic E-state index is 11.9. The van der Waals surface area contributed by atoms with Gasteiger partial charge in [-0.05, 0) is 48.0 Å². The highest BCUT2D eigenvalue weighted by molar-refractivity contribution is 9.10. The maximum atomic E-state index is 11.9. The molecule has 5 heteroatoms. The van der Waals surface area contributed by atoms with Crippen LogP contribution in [0, 0.1) is 6.92 Å². The molecule has 0 N–H and O–H groups in total. The predicted octanol–water partition coefficient (Wildman–Crippen LogP) is 3.93. The lowest BCUT2D eigenvalue weighted by Crippen LogP contribution is -1.93. The molecule has 0 aliphatic carbocycles. The summed E-state index contributed by atoms with van der Waals surface area (Å²) in [7, 11) is 0. The summed E-state index contributed by atoms with van der Waals surface area (Å²) in [5.74, 6) is 0.0225. The van der Waals surface area contributed by atoms with E-state index >= 15 is 0 Å². The minimum Gasteiger partial charge on any atom is -0.288 e. The number of hydrogen-bond donors (Lipinski definition) is 0. The molecule has 2 aromatic rings. The van der Waals surface area contributed by atoms with Crippen molar-refractivity contribution in [1.82, 2.24) is 9.78 Å². The number of thiophene rings is 1. The molecule has 2 heterocycles. The number of aryl methyl sites for hydroxylation is 2. The molecule has 0 radical (unpaired) electrons. The van der Waals surface area contributed by atoms with Crippen LogP contribution < -0.4 is 0 Å². The highest BCUT2D eigenvalue weighted by atomic mass is 79.9. The molecule has 0 aliphatic rings. The lowest BCUT2D eigenvalue weighted by molar-refractivity contribution is 0.105. The number of carbonyl (C=O) groups excluding carboxylic acids is 1. The molecular weight excluding hydrogens is 312 g/mol. The van der Waals surface area contributed by atoms with Crippen molar-refractivity contribution in [3.8, 4) is 0 Å². The van der Waals surface area contributed by atoms with E-state index in [1.807, 2.05) is 42.2 Å². The van der Waals surface area contributed by atoms with Crippen LogP contribution in [0.2, 0.25) is 0 Å². The standard InChI is InChI=1S/C13H13BrN2OS/c1-3-16-7-10(9(2)15-16)4-5-12(17)13-6-11(14)8-18-13/h4-8H,3H2,1-2H3/b5-4+. The Kier molecular flexibility index (Phi) is 4.14. The second kappa shape index (κ2) is 5.63. The van der Waals surface area contributed by atoms with Crippen molar-refractivity contribution in [3.63, 3.8) is 0 Å². The Hall–Kier alpha value is -1.20. The number of allylic oxidation sites excluding steroid dienone is 1. The summed E-state index contributed by atoms with van der Waals surface area (Å²) in [5.41, 5.74) is 1.93. The Morgan fingerprint density at radius 1 is 1.61 bits per heavy atom. The molecule has 18 heavy (non-hydrogen) atoms. The molecule has 0 spiro atoms. The number of rotatable bonds is 4. The van der Waals surface area contributed by atoms with Gasteiger partial charge in [-0.3, -0.25) is 9.48 Å². The van der Waals surface area contributed by atoms with Gasteiger partial charge in [-0.15, -0.1) is 11.3 Å². The molecule has 0 amide bonds. The van der Waals surface area contributed by atoms with Gasteiger partial charge in [0.25, 0.3) is 0 Å². The summed E-state index contributed by atoms with van der Waals surface area (Å²) in [5, 5.41) is 6.24. The van der Waals surface area contributed by atoms with Crippen LogP contribution in [0.4, 0.5) is 0 Å². The van der Waals surface area contributed by atoms with E-state index in [-0.39, 0.29) is 5.78 Å². The zero-order chi connectivity index (χ0) is 13.1. The van der Waals surface area contributed by atoms with Gasteiger partial charge in [0, 0.05) is 28.2 Å². The van der Waals surface area contributed by atoms with Gasteiger partial charge in [0.05, 0.1) is 10.6 Å². The SMILES string of the molecule is CCn1cc(/C=C/C(=O)c2cc(Br)cs2)c(C)n1. The van der Waals surface area contributed by atoms with Crippen LogP contribution in [0.25, 0.3) is 6.08 Å². The summed E-state index contributed by atoms with van der Waals surface area (Å²) >= 11 is 4.78. The van der Waals surface area contributed by atoms with E-state index < -0.39 is 0 Å². The number of nitrogens with zero attached hydrogens (tertiary/aromatic N) is 2. The minimum atomic E-state index is 0.0225. The third kappa shape index (κ3) is 2.97. The van der Waals surface area contributed by atoms with Crippen molar-refractivity contribution >= 4 is 39.1 Å². The molecular formula is C13H13BrN2OS. The zero-order valence-electron chi connectivity index (χ0n) is 10.2. The van der Waals surface area contributed by atoms with Gasteiger partial charge >= 0.3 is 0 Å². The first-order valence-electron chi connectivity index (χ1n) is 5.60. The fraction of sp³-hybridized carbons (Fsp3) is 0.231. The average Bonchev–Trinajstić information content (AvgIpc) is 2.92. The van der Waals surface area contributed by atoms with Gasteiger partial charge in [0.2, 0.25) is 0 Å². The first-order valence-corrected chi connectivity index (χ1v) is 7.28. The number of carbonyl (C=O) groups is 1. The first kappa shape index (κ1) is 13.2. The fourth-order valence-electron chi connectivity index (χ4n) is 1.55. The van der Waals surface area contributed by atoms with Crippen molar-refractivity contribution < 1.29 is 4.79 Å². The highest BCUT2D eigenvalue weighted by Gasteiger charge is 2.06. The van der Waals surface area contributed by atoms with Crippen LogP contribution in [0.15, 0.2) is 28.2 Å². The second-order valence-electron chi connectivity index (χ2n) is 3.85. The molecule has 0 atom stereocenters. The van der Waals surface area contributed by atoms with Gasteiger partial charge < -0.3 is 0 Å². The monoisotopic (exact) mass is 324 g/mol. The van der Waals surface area contributed by atoms with Crippen molar-refractivity contribution in [2.24, 2.45) is 0 Å². The molecule has 0 bridgehead atoms.